The van der Waals surface area contributed by atoms with E-state index >= 15 is 0 Å². The van der Waals surface area contributed by atoms with Gasteiger partial charge in [-0.05, 0) is 35.0 Å². The summed E-state index contributed by atoms with van der Waals surface area (Å²) in [6, 6.07) is 1.94. The maximum atomic E-state index is 5.69. The Balaban J connectivity index is 0.00000128. The normalized spacial score (nSPS) is 16.9. The van der Waals surface area contributed by atoms with Crippen molar-refractivity contribution >= 4 is 32.9 Å². The van der Waals surface area contributed by atoms with Gasteiger partial charge in [-0.1, -0.05) is 0 Å². The number of hydrogen-bond donors (Lipinski definition) is 1. The molecule has 0 spiro atoms. The van der Waals surface area contributed by atoms with E-state index in [9.17, 15) is 0 Å². The molecule has 0 bridgehead atoms. The van der Waals surface area contributed by atoms with Gasteiger partial charge in [0.25, 0.3) is 0 Å². The summed E-state index contributed by atoms with van der Waals surface area (Å²) < 4.78 is 11.6. The van der Waals surface area contributed by atoms with E-state index in [0.29, 0.717) is 12.5 Å². The molecule has 16 heavy (non-hydrogen) atoms. The zero-order valence-corrected chi connectivity index (χ0v) is 12.5. The van der Waals surface area contributed by atoms with Crippen molar-refractivity contribution in [1.29, 1.82) is 0 Å². The summed E-state index contributed by atoms with van der Waals surface area (Å²) >= 11 is 3.47. The first-order valence-corrected chi connectivity index (χ1v) is 5.65. The molecule has 0 heterocycles. The van der Waals surface area contributed by atoms with Crippen LogP contribution in [-0.4, -0.2) is 20.8 Å². The van der Waals surface area contributed by atoms with Crippen LogP contribution in [0.15, 0.2) is 10.5 Å². The summed E-state index contributed by atoms with van der Waals surface area (Å²) in [5.74, 6) is 2.23. The van der Waals surface area contributed by atoms with E-state index in [0.717, 1.165) is 22.4 Å². The number of halogens is 2. The molecule has 0 unspecified atom stereocenters. The summed E-state index contributed by atoms with van der Waals surface area (Å²) in [5.41, 5.74) is 8.12. The van der Waals surface area contributed by atoms with Crippen LogP contribution in [0.2, 0.25) is 0 Å². The summed E-state index contributed by atoms with van der Waals surface area (Å²) in [6.07, 6.45) is 0.977. The number of fused-ring (bicyclic) bond motifs is 1. The van der Waals surface area contributed by atoms with Gasteiger partial charge in [0.05, 0.1) is 18.7 Å². The van der Waals surface area contributed by atoms with Crippen LogP contribution in [0.1, 0.15) is 17.0 Å². The van der Waals surface area contributed by atoms with Crippen LogP contribution in [0.4, 0.5) is 0 Å². The maximum Gasteiger partial charge on any atom is 0.136 e. The molecule has 0 amide bonds. The monoisotopic (exact) mass is 351 g/mol. The zero-order chi connectivity index (χ0) is 11.0. The van der Waals surface area contributed by atoms with Crippen LogP contribution in [0.3, 0.4) is 0 Å². The van der Waals surface area contributed by atoms with Crippen molar-refractivity contribution in [2.45, 2.75) is 12.3 Å². The van der Waals surface area contributed by atoms with E-state index in [1.54, 1.807) is 14.2 Å². The van der Waals surface area contributed by atoms with Crippen molar-refractivity contribution in [1.82, 2.24) is 0 Å². The number of benzene rings is 1. The van der Waals surface area contributed by atoms with Crippen LogP contribution < -0.4 is 15.2 Å². The Hall–Kier alpha value is -0.260. The molecule has 1 aromatic rings. The molecule has 1 atom stereocenters. The Morgan fingerprint density at radius 2 is 2.12 bits per heavy atom. The summed E-state index contributed by atoms with van der Waals surface area (Å²) in [4.78, 5) is 0. The lowest BCUT2D eigenvalue weighted by Gasteiger charge is -2.33. The predicted molar refractivity (Wildman–Crippen MR) is 73.1 cm³/mol. The maximum absolute atomic E-state index is 5.69. The Labute approximate surface area is 114 Å². The molecular weight excluding hydrogens is 338 g/mol. The standard InChI is InChI=1S/C11H14BrNO2.BrH/c1-14-9-4-8(12)11(15-2)7-3-6(5-13)10(7)9;/h4,6H,3,5,13H2,1-2H3;1H/t6-;/m1./s1. The fraction of sp³-hybridized carbons (Fsp3) is 0.455. The highest BCUT2D eigenvalue weighted by Gasteiger charge is 2.33. The smallest absolute Gasteiger partial charge is 0.136 e. The molecule has 5 heteroatoms. The quantitative estimate of drug-likeness (QED) is 0.909. The van der Waals surface area contributed by atoms with Crippen molar-refractivity contribution < 1.29 is 9.47 Å². The van der Waals surface area contributed by atoms with E-state index in [-0.39, 0.29) is 17.0 Å². The van der Waals surface area contributed by atoms with Crippen LogP contribution in [0, 0.1) is 0 Å². The summed E-state index contributed by atoms with van der Waals surface area (Å²) in [7, 11) is 3.36. The van der Waals surface area contributed by atoms with Gasteiger partial charge in [-0.3, -0.25) is 0 Å². The van der Waals surface area contributed by atoms with Gasteiger partial charge in [-0.2, -0.15) is 0 Å². The minimum Gasteiger partial charge on any atom is -0.496 e. The first-order chi connectivity index (χ1) is 7.22. The molecular formula is C11H15Br2NO2. The SMILES string of the molecule is Br.COc1cc(Br)c(OC)c2c1[C@@H](CN)C2. The first-order valence-electron chi connectivity index (χ1n) is 4.86. The van der Waals surface area contributed by atoms with E-state index in [2.05, 4.69) is 15.9 Å². The molecule has 0 saturated heterocycles. The second-order valence-corrected chi connectivity index (χ2v) is 4.48. The topological polar surface area (TPSA) is 44.5 Å². The number of hydrogen-bond acceptors (Lipinski definition) is 3. The molecule has 0 fully saturated rings. The first kappa shape index (κ1) is 13.8. The van der Waals surface area contributed by atoms with Crippen molar-refractivity contribution in [3.05, 3.63) is 21.7 Å². The van der Waals surface area contributed by atoms with Gasteiger partial charge in [-0.15, -0.1) is 17.0 Å². The fourth-order valence-electron chi connectivity index (χ4n) is 2.13. The van der Waals surface area contributed by atoms with Crippen molar-refractivity contribution in [2.75, 3.05) is 20.8 Å². The third-order valence-corrected chi connectivity index (χ3v) is 3.50. The highest BCUT2D eigenvalue weighted by molar-refractivity contribution is 9.10. The molecule has 1 aromatic carbocycles. The van der Waals surface area contributed by atoms with Gasteiger partial charge in [-0.25, -0.2) is 0 Å². The Morgan fingerprint density at radius 1 is 1.44 bits per heavy atom. The Bertz CT molecular complexity index is 396. The van der Waals surface area contributed by atoms with E-state index in [4.69, 9.17) is 15.2 Å². The van der Waals surface area contributed by atoms with E-state index in [1.165, 1.54) is 11.1 Å². The fourth-order valence-corrected chi connectivity index (χ4v) is 2.74. The molecule has 2 rings (SSSR count). The Kier molecular flexibility index (Phi) is 4.64. The molecule has 0 saturated carbocycles. The van der Waals surface area contributed by atoms with E-state index in [1.807, 2.05) is 6.07 Å². The lowest BCUT2D eigenvalue weighted by molar-refractivity contribution is 0.374. The number of nitrogens with two attached hydrogens (primary N) is 1. The molecule has 0 radical (unpaired) electrons. The molecule has 1 aliphatic carbocycles. The van der Waals surface area contributed by atoms with Gasteiger partial charge in [0.2, 0.25) is 0 Å². The average molecular weight is 353 g/mol. The van der Waals surface area contributed by atoms with Gasteiger partial charge < -0.3 is 15.2 Å². The van der Waals surface area contributed by atoms with Crippen molar-refractivity contribution in [3.8, 4) is 11.5 Å². The van der Waals surface area contributed by atoms with Crippen LogP contribution in [0.25, 0.3) is 0 Å². The van der Waals surface area contributed by atoms with Crippen molar-refractivity contribution in [2.24, 2.45) is 5.73 Å². The number of rotatable bonds is 3. The highest BCUT2D eigenvalue weighted by Crippen LogP contribution is 2.49. The van der Waals surface area contributed by atoms with Crippen molar-refractivity contribution in [3.63, 3.8) is 0 Å². The summed E-state index contributed by atoms with van der Waals surface area (Å²) in [6.45, 7) is 0.661. The third kappa shape index (κ3) is 1.96. The lowest BCUT2D eigenvalue weighted by Crippen LogP contribution is -2.26. The summed E-state index contributed by atoms with van der Waals surface area (Å²) in [5, 5.41) is 0. The zero-order valence-electron chi connectivity index (χ0n) is 9.25. The highest BCUT2D eigenvalue weighted by atomic mass is 79.9. The average Bonchev–Trinajstić information content (AvgIpc) is 2.20. The Morgan fingerprint density at radius 3 is 2.62 bits per heavy atom. The largest absolute Gasteiger partial charge is 0.496 e. The number of ether oxygens (including phenoxy) is 2. The number of methoxy groups -OCH3 is 2. The minimum atomic E-state index is 0. The van der Waals surface area contributed by atoms with Gasteiger partial charge >= 0.3 is 0 Å². The second-order valence-electron chi connectivity index (χ2n) is 3.62. The van der Waals surface area contributed by atoms with Crippen LogP contribution in [0.5, 0.6) is 11.5 Å². The molecule has 0 aromatic heterocycles. The second kappa shape index (κ2) is 5.38. The van der Waals surface area contributed by atoms with Gasteiger partial charge in [0, 0.05) is 17.0 Å². The van der Waals surface area contributed by atoms with Gasteiger partial charge in [0.1, 0.15) is 11.5 Å². The lowest BCUT2D eigenvalue weighted by atomic mass is 9.76. The predicted octanol–water partition coefficient (Wildman–Crippen LogP) is 2.64. The molecule has 3 nitrogen and oxygen atoms in total. The van der Waals surface area contributed by atoms with Crippen LogP contribution >= 0.6 is 32.9 Å². The molecule has 2 N–H and O–H groups in total. The van der Waals surface area contributed by atoms with Crippen LogP contribution in [-0.2, 0) is 6.42 Å². The molecule has 90 valence electrons. The van der Waals surface area contributed by atoms with E-state index < -0.39 is 0 Å². The third-order valence-electron chi connectivity index (χ3n) is 2.91. The minimum absolute atomic E-state index is 0. The van der Waals surface area contributed by atoms with Gasteiger partial charge in [0.15, 0.2) is 0 Å². The molecule has 1 aliphatic rings. The molecule has 0 aliphatic heterocycles.